The largest absolute Gasteiger partial charge is 0.468 e. The average Bonchev–Trinajstić information content (AvgIpc) is 3.16. The third kappa shape index (κ3) is 2.85. The summed E-state index contributed by atoms with van der Waals surface area (Å²) in [6.07, 6.45) is 2.19. The van der Waals surface area contributed by atoms with Gasteiger partial charge in [0.1, 0.15) is 5.75 Å². The Morgan fingerprint density at radius 2 is 2.05 bits per heavy atom. The Morgan fingerprint density at radius 3 is 2.75 bits per heavy atom. The highest BCUT2D eigenvalue weighted by Gasteiger charge is 2.17. The minimum atomic E-state index is 0.170. The van der Waals surface area contributed by atoms with E-state index in [-0.39, 0.29) is 12.8 Å². The molecule has 1 atom stereocenters. The molecule has 0 saturated heterocycles. The predicted octanol–water partition coefficient (Wildman–Crippen LogP) is 2.92. The van der Waals surface area contributed by atoms with E-state index in [1.807, 2.05) is 12.1 Å². The number of hydrazine groups is 1. The molecule has 5 heteroatoms. The number of hydrogen-bond donors (Lipinski definition) is 2. The van der Waals surface area contributed by atoms with E-state index in [1.165, 1.54) is 10.4 Å². The van der Waals surface area contributed by atoms with E-state index in [4.69, 9.17) is 9.47 Å². The lowest BCUT2D eigenvalue weighted by Crippen LogP contribution is -2.26. The molecule has 1 aliphatic heterocycles. The Hall–Kier alpha value is -1.82. The molecule has 2 heterocycles. The second kappa shape index (κ2) is 6.09. The van der Waals surface area contributed by atoms with Crippen LogP contribution in [0.15, 0.2) is 47.9 Å². The van der Waals surface area contributed by atoms with Crippen molar-refractivity contribution in [3.8, 4) is 5.75 Å². The van der Waals surface area contributed by atoms with Gasteiger partial charge < -0.3 is 14.9 Å². The first kappa shape index (κ1) is 13.2. The van der Waals surface area contributed by atoms with Crippen molar-refractivity contribution in [2.45, 2.75) is 6.04 Å². The van der Waals surface area contributed by atoms with Gasteiger partial charge in [0.15, 0.2) is 6.79 Å². The SMILES string of the molecule is COCOc1ccc(C2C=C(c3cccs3)NN2)cc1. The number of rotatable bonds is 5. The molecule has 1 aromatic heterocycles. The maximum absolute atomic E-state index is 5.38. The number of ether oxygens (including phenoxy) is 2. The van der Waals surface area contributed by atoms with Crippen molar-refractivity contribution in [3.63, 3.8) is 0 Å². The van der Waals surface area contributed by atoms with Crippen LogP contribution in [-0.4, -0.2) is 13.9 Å². The van der Waals surface area contributed by atoms with Gasteiger partial charge in [-0.1, -0.05) is 18.2 Å². The van der Waals surface area contributed by atoms with Crippen LogP contribution >= 0.6 is 11.3 Å². The van der Waals surface area contributed by atoms with Gasteiger partial charge in [-0.3, -0.25) is 0 Å². The van der Waals surface area contributed by atoms with Crippen LogP contribution in [0.25, 0.3) is 5.70 Å². The predicted molar refractivity (Wildman–Crippen MR) is 80.3 cm³/mol. The zero-order valence-electron chi connectivity index (χ0n) is 11.1. The summed E-state index contributed by atoms with van der Waals surface area (Å²) in [5.41, 5.74) is 8.82. The molecule has 3 rings (SSSR count). The van der Waals surface area contributed by atoms with Gasteiger partial charge in [-0.2, -0.15) is 0 Å². The van der Waals surface area contributed by atoms with Crippen LogP contribution in [0, 0.1) is 0 Å². The molecular weight excluding hydrogens is 272 g/mol. The maximum atomic E-state index is 5.38. The van der Waals surface area contributed by atoms with Crippen LogP contribution < -0.4 is 15.6 Å². The van der Waals surface area contributed by atoms with E-state index in [9.17, 15) is 0 Å². The summed E-state index contributed by atoms with van der Waals surface area (Å²) in [6.45, 7) is 0.269. The fourth-order valence-electron chi connectivity index (χ4n) is 2.06. The van der Waals surface area contributed by atoms with Gasteiger partial charge >= 0.3 is 0 Å². The molecule has 0 saturated carbocycles. The van der Waals surface area contributed by atoms with Crippen molar-refractivity contribution in [2.24, 2.45) is 0 Å². The van der Waals surface area contributed by atoms with Gasteiger partial charge in [0.2, 0.25) is 0 Å². The Balaban J connectivity index is 1.71. The minimum Gasteiger partial charge on any atom is -0.468 e. The van der Waals surface area contributed by atoms with Crippen molar-refractivity contribution in [3.05, 3.63) is 58.3 Å². The van der Waals surface area contributed by atoms with Crippen LogP contribution in [0.5, 0.6) is 5.75 Å². The first-order chi connectivity index (χ1) is 9.86. The zero-order valence-corrected chi connectivity index (χ0v) is 11.9. The average molecular weight is 288 g/mol. The molecule has 0 aliphatic carbocycles. The Kier molecular flexibility index (Phi) is 4.01. The Morgan fingerprint density at radius 1 is 1.20 bits per heavy atom. The Labute approximate surface area is 122 Å². The van der Waals surface area contributed by atoms with Gasteiger partial charge in [0.25, 0.3) is 0 Å². The summed E-state index contributed by atoms with van der Waals surface area (Å²) in [5.74, 6) is 0.809. The number of benzene rings is 1. The molecule has 1 unspecified atom stereocenters. The first-order valence-corrected chi connectivity index (χ1v) is 7.24. The van der Waals surface area contributed by atoms with E-state index in [1.54, 1.807) is 18.4 Å². The van der Waals surface area contributed by atoms with E-state index in [0.29, 0.717) is 0 Å². The highest BCUT2D eigenvalue weighted by atomic mass is 32.1. The van der Waals surface area contributed by atoms with Crippen molar-refractivity contribution >= 4 is 17.0 Å². The second-order valence-corrected chi connectivity index (χ2v) is 5.37. The molecule has 1 aliphatic rings. The zero-order chi connectivity index (χ0) is 13.8. The van der Waals surface area contributed by atoms with Crippen molar-refractivity contribution < 1.29 is 9.47 Å². The quantitative estimate of drug-likeness (QED) is 0.830. The van der Waals surface area contributed by atoms with Crippen molar-refractivity contribution in [2.75, 3.05) is 13.9 Å². The smallest absolute Gasteiger partial charge is 0.188 e. The summed E-state index contributed by atoms with van der Waals surface area (Å²) in [6, 6.07) is 12.3. The molecule has 0 spiro atoms. The molecule has 1 aromatic carbocycles. The van der Waals surface area contributed by atoms with E-state index in [2.05, 4.69) is 46.6 Å². The van der Waals surface area contributed by atoms with Crippen LogP contribution in [0.3, 0.4) is 0 Å². The molecule has 2 aromatic rings. The summed E-state index contributed by atoms with van der Waals surface area (Å²) in [4.78, 5) is 1.24. The highest BCUT2D eigenvalue weighted by molar-refractivity contribution is 7.11. The fraction of sp³-hybridized carbons (Fsp3) is 0.200. The van der Waals surface area contributed by atoms with Crippen LogP contribution in [0.1, 0.15) is 16.5 Å². The van der Waals surface area contributed by atoms with Crippen molar-refractivity contribution in [1.82, 2.24) is 10.9 Å². The summed E-state index contributed by atoms with van der Waals surface area (Å²) >= 11 is 1.72. The third-order valence-electron chi connectivity index (χ3n) is 3.06. The number of methoxy groups -OCH3 is 1. The van der Waals surface area contributed by atoms with Gasteiger partial charge in [-0.05, 0) is 35.2 Å². The molecule has 20 heavy (non-hydrogen) atoms. The lowest BCUT2D eigenvalue weighted by molar-refractivity contribution is 0.0511. The molecule has 2 N–H and O–H groups in total. The minimum absolute atomic E-state index is 0.170. The number of nitrogens with one attached hydrogen (secondary N) is 2. The second-order valence-electron chi connectivity index (χ2n) is 4.42. The van der Waals surface area contributed by atoms with Gasteiger partial charge in [0.05, 0.1) is 16.6 Å². The third-order valence-corrected chi connectivity index (χ3v) is 3.97. The highest BCUT2D eigenvalue weighted by Crippen LogP contribution is 2.27. The summed E-state index contributed by atoms with van der Waals surface area (Å²) in [5, 5.41) is 2.08. The molecule has 104 valence electrons. The normalized spacial score (nSPS) is 17.6. The van der Waals surface area contributed by atoms with Crippen LogP contribution in [0.2, 0.25) is 0 Å². The molecule has 0 bridgehead atoms. The lowest BCUT2D eigenvalue weighted by Gasteiger charge is -2.10. The molecular formula is C15H16N2O2S. The van der Waals surface area contributed by atoms with Gasteiger partial charge in [0, 0.05) is 7.11 Å². The van der Waals surface area contributed by atoms with E-state index in [0.717, 1.165) is 11.4 Å². The number of hydrogen-bond acceptors (Lipinski definition) is 5. The Bertz CT molecular complexity index is 578. The topological polar surface area (TPSA) is 42.5 Å². The fourth-order valence-corrected chi connectivity index (χ4v) is 2.77. The first-order valence-electron chi connectivity index (χ1n) is 6.36. The van der Waals surface area contributed by atoms with Gasteiger partial charge in [-0.25, -0.2) is 5.43 Å². The van der Waals surface area contributed by atoms with Crippen LogP contribution in [0.4, 0.5) is 0 Å². The molecule has 0 fully saturated rings. The summed E-state index contributed by atoms with van der Waals surface area (Å²) in [7, 11) is 1.61. The van der Waals surface area contributed by atoms with E-state index < -0.39 is 0 Å². The lowest BCUT2D eigenvalue weighted by atomic mass is 10.1. The maximum Gasteiger partial charge on any atom is 0.188 e. The monoisotopic (exact) mass is 288 g/mol. The van der Waals surface area contributed by atoms with Crippen LogP contribution in [-0.2, 0) is 4.74 Å². The summed E-state index contributed by atoms with van der Waals surface area (Å²) < 4.78 is 10.3. The molecule has 4 nitrogen and oxygen atoms in total. The molecule has 0 amide bonds. The van der Waals surface area contributed by atoms with Gasteiger partial charge in [-0.15, -0.1) is 11.3 Å². The number of thiophene rings is 1. The van der Waals surface area contributed by atoms with E-state index >= 15 is 0 Å². The standard InChI is InChI=1S/C15H16N2O2S/c1-18-10-19-12-6-4-11(5-7-12)13-9-14(17-16-13)15-3-2-8-20-15/h2-9,13,16-17H,10H2,1H3. The van der Waals surface area contributed by atoms with Crippen molar-refractivity contribution in [1.29, 1.82) is 0 Å². The molecule has 0 radical (unpaired) electrons.